The van der Waals surface area contributed by atoms with Gasteiger partial charge >= 0.3 is 11.9 Å². The molecule has 1 rings (SSSR count). The number of anilines is 1. The van der Waals surface area contributed by atoms with Crippen LogP contribution < -0.4 is 10.5 Å². The molecule has 108 valence electrons. The van der Waals surface area contributed by atoms with Crippen molar-refractivity contribution in [2.75, 3.05) is 5.73 Å². The van der Waals surface area contributed by atoms with Gasteiger partial charge < -0.3 is 20.3 Å². The molecule has 0 spiro atoms. The predicted molar refractivity (Wildman–Crippen MR) is 73.4 cm³/mol. The van der Waals surface area contributed by atoms with Crippen molar-refractivity contribution < 1.29 is 24.2 Å². The van der Waals surface area contributed by atoms with Crippen molar-refractivity contribution in [2.45, 2.75) is 26.1 Å². The predicted octanol–water partition coefficient (Wildman–Crippen LogP) is 2.20. The Morgan fingerprint density at radius 3 is 2.75 bits per heavy atom. The number of nitrogens with two attached hydrogens (primary N) is 1. The van der Waals surface area contributed by atoms with Gasteiger partial charge in [0.1, 0.15) is 11.3 Å². The van der Waals surface area contributed by atoms with Gasteiger partial charge in [-0.2, -0.15) is 0 Å². The third kappa shape index (κ3) is 4.31. The fourth-order valence-electron chi connectivity index (χ4n) is 1.51. The molecule has 1 aromatic rings. The van der Waals surface area contributed by atoms with Gasteiger partial charge in [0.25, 0.3) is 0 Å². The van der Waals surface area contributed by atoms with Gasteiger partial charge in [-0.15, -0.1) is 0 Å². The highest BCUT2D eigenvalue weighted by molar-refractivity contribution is 5.92. The van der Waals surface area contributed by atoms with Crippen molar-refractivity contribution in [3.63, 3.8) is 0 Å². The van der Waals surface area contributed by atoms with Gasteiger partial charge in [-0.3, -0.25) is 0 Å². The highest BCUT2D eigenvalue weighted by Gasteiger charge is 2.18. The third-order valence-electron chi connectivity index (χ3n) is 2.43. The van der Waals surface area contributed by atoms with Crippen LogP contribution in [0.1, 0.15) is 30.1 Å². The second-order valence-electron chi connectivity index (χ2n) is 4.04. The summed E-state index contributed by atoms with van der Waals surface area (Å²) in [7, 11) is 0. The molecule has 0 saturated heterocycles. The van der Waals surface area contributed by atoms with E-state index in [4.69, 9.17) is 20.3 Å². The number of carbonyl (C=O) groups is 2. The largest absolute Gasteiger partial charge is 0.478 e. The average molecular weight is 279 g/mol. The van der Waals surface area contributed by atoms with Crippen LogP contribution in [0.15, 0.2) is 30.9 Å². The first-order valence-corrected chi connectivity index (χ1v) is 6.10. The van der Waals surface area contributed by atoms with Crippen LogP contribution in [0.25, 0.3) is 0 Å². The molecule has 0 saturated carbocycles. The quantitative estimate of drug-likeness (QED) is 0.343. The van der Waals surface area contributed by atoms with Gasteiger partial charge in [0, 0.05) is 18.2 Å². The Kier molecular flexibility index (Phi) is 5.58. The molecule has 1 atom stereocenters. The van der Waals surface area contributed by atoms with Gasteiger partial charge in [0.15, 0.2) is 0 Å². The van der Waals surface area contributed by atoms with Crippen LogP contribution in [0, 0.1) is 0 Å². The second kappa shape index (κ2) is 7.18. The van der Waals surface area contributed by atoms with Gasteiger partial charge in [-0.1, -0.05) is 13.5 Å². The molecular weight excluding hydrogens is 262 g/mol. The van der Waals surface area contributed by atoms with E-state index in [1.807, 2.05) is 6.92 Å². The summed E-state index contributed by atoms with van der Waals surface area (Å²) in [6.07, 6.45) is 1.29. The van der Waals surface area contributed by atoms with Gasteiger partial charge in [0.05, 0.1) is 0 Å². The third-order valence-corrected chi connectivity index (χ3v) is 2.43. The van der Waals surface area contributed by atoms with Crippen LogP contribution in [-0.2, 0) is 9.53 Å². The van der Waals surface area contributed by atoms with E-state index < -0.39 is 18.2 Å². The monoisotopic (exact) mass is 279 g/mol. The number of carbonyl (C=O) groups excluding carboxylic acids is 1. The summed E-state index contributed by atoms with van der Waals surface area (Å²) < 4.78 is 10.5. The normalized spacial score (nSPS) is 11.4. The topological polar surface area (TPSA) is 98.9 Å². The summed E-state index contributed by atoms with van der Waals surface area (Å²) >= 11 is 0. The number of esters is 1. The van der Waals surface area contributed by atoms with Gasteiger partial charge in [-0.25, -0.2) is 9.59 Å². The molecule has 0 aliphatic rings. The van der Waals surface area contributed by atoms with Crippen molar-refractivity contribution >= 4 is 17.6 Å². The first kappa shape index (κ1) is 15.6. The van der Waals surface area contributed by atoms with E-state index in [-0.39, 0.29) is 11.3 Å². The number of rotatable bonds is 7. The Labute approximate surface area is 116 Å². The maximum Gasteiger partial charge on any atom is 0.339 e. The fourth-order valence-corrected chi connectivity index (χ4v) is 1.51. The minimum Gasteiger partial charge on any atom is -0.478 e. The zero-order chi connectivity index (χ0) is 15.1. The summed E-state index contributed by atoms with van der Waals surface area (Å²) in [5, 5.41) is 9.10. The Morgan fingerprint density at radius 2 is 2.20 bits per heavy atom. The van der Waals surface area contributed by atoms with Gasteiger partial charge in [-0.05, 0) is 24.6 Å². The Hall–Kier alpha value is -2.50. The first-order valence-electron chi connectivity index (χ1n) is 6.10. The molecule has 6 heteroatoms. The van der Waals surface area contributed by atoms with Crippen LogP contribution in [0.5, 0.6) is 5.75 Å². The number of benzene rings is 1. The second-order valence-corrected chi connectivity index (χ2v) is 4.04. The lowest BCUT2D eigenvalue weighted by molar-refractivity contribution is -0.158. The smallest absolute Gasteiger partial charge is 0.339 e. The van der Waals surface area contributed by atoms with Crippen LogP contribution in [0.2, 0.25) is 0 Å². The Bertz CT molecular complexity index is 512. The van der Waals surface area contributed by atoms with Crippen LogP contribution in [0.4, 0.5) is 5.69 Å². The maximum absolute atomic E-state index is 11.2. The van der Waals surface area contributed by atoms with E-state index in [0.29, 0.717) is 18.5 Å². The summed E-state index contributed by atoms with van der Waals surface area (Å²) in [5.74, 6) is -1.70. The lowest BCUT2D eigenvalue weighted by atomic mass is 10.2. The van der Waals surface area contributed by atoms with Crippen LogP contribution in [0.3, 0.4) is 0 Å². The van der Waals surface area contributed by atoms with E-state index in [1.165, 1.54) is 18.2 Å². The molecule has 0 fully saturated rings. The molecule has 0 aliphatic carbocycles. The van der Waals surface area contributed by atoms with E-state index in [1.54, 1.807) is 0 Å². The van der Waals surface area contributed by atoms with Crippen LogP contribution in [-0.4, -0.2) is 23.3 Å². The number of carboxylic acid groups (broad SMARTS) is 1. The number of nitrogen functional groups attached to an aromatic ring is 1. The van der Waals surface area contributed by atoms with Crippen molar-refractivity contribution in [2.24, 2.45) is 0 Å². The minimum absolute atomic E-state index is 0.0826. The zero-order valence-electron chi connectivity index (χ0n) is 11.2. The highest BCUT2D eigenvalue weighted by atomic mass is 16.7. The number of hydrogen-bond donors (Lipinski definition) is 2. The molecule has 1 unspecified atom stereocenters. The van der Waals surface area contributed by atoms with Crippen molar-refractivity contribution in [3.8, 4) is 5.75 Å². The lowest BCUT2D eigenvalue weighted by Gasteiger charge is -2.19. The highest BCUT2D eigenvalue weighted by Crippen LogP contribution is 2.24. The lowest BCUT2D eigenvalue weighted by Crippen LogP contribution is -2.24. The van der Waals surface area contributed by atoms with Crippen molar-refractivity contribution in [1.82, 2.24) is 0 Å². The Balaban J connectivity index is 2.95. The number of carboxylic acids is 1. The molecule has 0 heterocycles. The summed E-state index contributed by atoms with van der Waals surface area (Å²) in [5.41, 5.74) is 5.77. The zero-order valence-corrected chi connectivity index (χ0v) is 11.2. The molecule has 3 N–H and O–H groups in total. The van der Waals surface area contributed by atoms with E-state index in [9.17, 15) is 9.59 Å². The first-order chi connectivity index (χ1) is 9.47. The molecule has 20 heavy (non-hydrogen) atoms. The summed E-state index contributed by atoms with van der Waals surface area (Å²) in [6.45, 7) is 5.19. The van der Waals surface area contributed by atoms with E-state index in [2.05, 4.69) is 6.58 Å². The number of ether oxygens (including phenoxy) is 2. The summed E-state index contributed by atoms with van der Waals surface area (Å²) in [6, 6.07) is 4.24. The van der Waals surface area contributed by atoms with Crippen molar-refractivity contribution in [3.05, 3.63) is 36.4 Å². The average Bonchev–Trinajstić information content (AvgIpc) is 2.40. The molecule has 0 radical (unpaired) electrons. The summed E-state index contributed by atoms with van der Waals surface area (Å²) in [4.78, 5) is 22.3. The molecule has 0 aliphatic heterocycles. The molecule has 0 aromatic heterocycles. The Morgan fingerprint density at radius 1 is 1.50 bits per heavy atom. The minimum atomic E-state index is -1.17. The number of aromatic carboxylic acids is 1. The fraction of sp³-hybridized carbons (Fsp3) is 0.286. The maximum atomic E-state index is 11.2. The van der Waals surface area contributed by atoms with Crippen LogP contribution >= 0.6 is 0 Å². The van der Waals surface area contributed by atoms with Crippen molar-refractivity contribution in [1.29, 1.82) is 0 Å². The molecule has 6 nitrogen and oxygen atoms in total. The number of hydrogen-bond acceptors (Lipinski definition) is 5. The molecule has 1 aromatic carbocycles. The molecular formula is C14H17NO5. The van der Waals surface area contributed by atoms with E-state index in [0.717, 1.165) is 6.08 Å². The standard InChI is InChI=1S/C14H17NO5/c1-3-5-13(20-12(16)4-2)19-11-7-6-9(15)8-10(11)14(17)18/h4,6-8,13H,2-3,5,15H2,1H3,(H,17,18). The van der Waals surface area contributed by atoms with Gasteiger partial charge in [0.2, 0.25) is 6.29 Å². The SMILES string of the molecule is C=CC(=O)OC(CCC)Oc1ccc(N)cc1C(=O)O. The molecule has 0 bridgehead atoms. The van der Waals surface area contributed by atoms with E-state index >= 15 is 0 Å². The molecule has 0 amide bonds.